The van der Waals surface area contributed by atoms with Crippen LogP contribution in [0.25, 0.3) is 0 Å². The second kappa shape index (κ2) is 7.05. The number of imidazole rings is 1. The van der Waals surface area contributed by atoms with Gasteiger partial charge >= 0.3 is 0 Å². The first-order valence-corrected chi connectivity index (χ1v) is 6.99. The average molecular weight is 274 g/mol. The summed E-state index contributed by atoms with van der Waals surface area (Å²) in [6, 6.07) is 2.06. The van der Waals surface area contributed by atoms with Crippen molar-refractivity contribution in [2.75, 3.05) is 18.5 Å². The van der Waals surface area contributed by atoms with E-state index in [0.717, 1.165) is 49.1 Å². The molecule has 2 aromatic heterocycles. The lowest BCUT2D eigenvalue weighted by molar-refractivity contribution is 0.142. The molecule has 0 radical (unpaired) electrons. The molecule has 0 bridgehead atoms. The molecule has 1 N–H and O–H groups in total. The van der Waals surface area contributed by atoms with Gasteiger partial charge in [0.2, 0.25) is 5.95 Å². The van der Waals surface area contributed by atoms with E-state index in [-0.39, 0.29) is 0 Å². The van der Waals surface area contributed by atoms with Crippen molar-refractivity contribution >= 4 is 11.6 Å². The number of hydrogen-bond acceptors (Lipinski definition) is 4. The van der Waals surface area contributed by atoms with E-state index in [4.69, 9.17) is 4.74 Å². The van der Waals surface area contributed by atoms with Crippen LogP contribution in [0.4, 0.5) is 11.6 Å². The van der Waals surface area contributed by atoms with Crippen LogP contribution in [0.1, 0.15) is 24.6 Å². The van der Waals surface area contributed by atoms with E-state index in [1.54, 1.807) is 0 Å². The minimum absolute atomic E-state index is 0.767. The fourth-order valence-electron chi connectivity index (χ4n) is 2.05. The third-order valence-corrected chi connectivity index (χ3v) is 2.92. The molecule has 0 aromatic carbocycles. The van der Waals surface area contributed by atoms with Crippen LogP contribution in [0.15, 0.2) is 24.7 Å². The zero-order chi connectivity index (χ0) is 14.4. The predicted octanol–water partition coefficient (Wildman–Crippen LogP) is 3.07. The van der Waals surface area contributed by atoms with E-state index in [1.165, 1.54) is 0 Å². The predicted molar refractivity (Wildman–Crippen MR) is 80.3 cm³/mol. The highest BCUT2D eigenvalue weighted by Gasteiger charge is 2.06. The molecular formula is C15H22N4O. The number of anilines is 2. The van der Waals surface area contributed by atoms with E-state index in [1.807, 2.05) is 33.2 Å². The third kappa shape index (κ3) is 4.06. The summed E-state index contributed by atoms with van der Waals surface area (Å²) in [5.41, 5.74) is 3.09. The molecule has 0 atom stereocenters. The lowest BCUT2D eigenvalue weighted by Gasteiger charge is -2.10. The molecule has 2 aromatic rings. The lowest BCUT2D eigenvalue weighted by atomic mass is 10.3. The van der Waals surface area contributed by atoms with Crippen molar-refractivity contribution in [2.45, 2.75) is 33.7 Å². The number of ether oxygens (including phenoxy) is 1. The minimum atomic E-state index is 0.767. The Hall–Kier alpha value is -1.88. The van der Waals surface area contributed by atoms with Crippen LogP contribution in [0.2, 0.25) is 0 Å². The summed E-state index contributed by atoms with van der Waals surface area (Å²) >= 11 is 0. The van der Waals surface area contributed by atoms with Crippen LogP contribution in [0, 0.1) is 13.8 Å². The van der Waals surface area contributed by atoms with Gasteiger partial charge in [-0.05, 0) is 38.8 Å². The highest BCUT2D eigenvalue weighted by atomic mass is 16.5. The summed E-state index contributed by atoms with van der Waals surface area (Å²) in [7, 11) is 0. The van der Waals surface area contributed by atoms with Crippen molar-refractivity contribution in [3.05, 3.63) is 35.9 Å². The van der Waals surface area contributed by atoms with E-state index in [0.29, 0.717) is 0 Å². The normalized spacial score (nSPS) is 10.8. The molecule has 0 aliphatic rings. The Morgan fingerprint density at radius 3 is 2.90 bits per heavy atom. The number of pyridine rings is 1. The summed E-state index contributed by atoms with van der Waals surface area (Å²) in [5.74, 6) is 0.853. The molecule has 2 rings (SSSR count). The number of aromatic nitrogens is 3. The van der Waals surface area contributed by atoms with E-state index in [2.05, 4.69) is 32.1 Å². The molecule has 0 saturated heterocycles. The molecule has 2 heterocycles. The maximum Gasteiger partial charge on any atom is 0.207 e. The van der Waals surface area contributed by atoms with Gasteiger partial charge < -0.3 is 14.6 Å². The smallest absolute Gasteiger partial charge is 0.207 e. The van der Waals surface area contributed by atoms with Gasteiger partial charge in [-0.25, -0.2) is 4.98 Å². The summed E-state index contributed by atoms with van der Waals surface area (Å²) < 4.78 is 7.49. The Morgan fingerprint density at radius 1 is 1.30 bits per heavy atom. The molecule has 0 unspecified atom stereocenters. The summed E-state index contributed by atoms with van der Waals surface area (Å²) in [6.45, 7) is 8.47. The van der Waals surface area contributed by atoms with Gasteiger partial charge in [0.05, 0.1) is 17.6 Å². The third-order valence-electron chi connectivity index (χ3n) is 2.92. The van der Waals surface area contributed by atoms with Gasteiger partial charge in [-0.15, -0.1) is 0 Å². The minimum Gasteiger partial charge on any atom is -0.382 e. The summed E-state index contributed by atoms with van der Waals surface area (Å²) in [6.07, 6.45) is 6.68. The van der Waals surface area contributed by atoms with Crippen molar-refractivity contribution in [1.29, 1.82) is 0 Å². The molecule has 0 fully saturated rings. The SMILES string of the molecule is CCOCCCn1cc(C)nc1Nc1cncc(C)c1. The molecule has 5 heteroatoms. The van der Waals surface area contributed by atoms with Crippen LogP contribution in [-0.4, -0.2) is 27.7 Å². The van der Waals surface area contributed by atoms with Gasteiger partial charge in [0.15, 0.2) is 0 Å². The topological polar surface area (TPSA) is 52.0 Å². The Kier molecular flexibility index (Phi) is 5.12. The highest BCUT2D eigenvalue weighted by Crippen LogP contribution is 2.16. The van der Waals surface area contributed by atoms with Crippen molar-refractivity contribution in [1.82, 2.24) is 14.5 Å². The van der Waals surface area contributed by atoms with Crippen molar-refractivity contribution in [3.8, 4) is 0 Å². The first-order valence-electron chi connectivity index (χ1n) is 6.99. The molecule has 0 amide bonds. The monoisotopic (exact) mass is 274 g/mol. The number of aryl methyl sites for hydroxylation is 3. The molecule has 5 nitrogen and oxygen atoms in total. The molecule has 0 aliphatic carbocycles. The number of nitrogens with zero attached hydrogens (tertiary/aromatic N) is 3. The van der Waals surface area contributed by atoms with Gasteiger partial charge in [0.25, 0.3) is 0 Å². The second-order valence-electron chi connectivity index (χ2n) is 4.83. The van der Waals surface area contributed by atoms with Crippen LogP contribution in [-0.2, 0) is 11.3 Å². The molecular weight excluding hydrogens is 252 g/mol. The van der Waals surface area contributed by atoms with Gasteiger partial charge in [0, 0.05) is 32.2 Å². The highest BCUT2D eigenvalue weighted by molar-refractivity contribution is 5.53. The largest absolute Gasteiger partial charge is 0.382 e. The van der Waals surface area contributed by atoms with Crippen molar-refractivity contribution in [3.63, 3.8) is 0 Å². The average Bonchev–Trinajstić information content (AvgIpc) is 2.75. The van der Waals surface area contributed by atoms with Crippen LogP contribution in [0.3, 0.4) is 0 Å². The molecule has 20 heavy (non-hydrogen) atoms. The van der Waals surface area contributed by atoms with E-state index >= 15 is 0 Å². The Labute approximate surface area is 120 Å². The van der Waals surface area contributed by atoms with Crippen LogP contribution in [0.5, 0.6) is 0 Å². The van der Waals surface area contributed by atoms with Crippen LogP contribution >= 0.6 is 0 Å². The standard InChI is InChI=1S/C15H22N4O/c1-4-20-7-5-6-19-11-13(3)17-15(19)18-14-8-12(2)9-16-10-14/h8-11H,4-7H2,1-3H3,(H,17,18). The first kappa shape index (κ1) is 14.5. The number of nitrogens with one attached hydrogen (secondary N) is 1. The Bertz CT molecular complexity index is 551. The second-order valence-corrected chi connectivity index (χ2v) is 4.83. The Morgan fingerprint density at radius 2 is 2.15 bits per heavy atom. The van der Waals surface area contributed by atoms with E-state index in [9.17, 15) is 0 Å². The number of hydrogen-bond donors (Lipinski definition) is 1. The van der Waals surface area contributed by atoms with Crippen LogP contribution < -0.4 is 5.32 Å². The fraction of sp³-hybridized carbons (Fsp3) is 0.467. The summed E-state index contributed by atoms with van der Waals surface area (Å²) in [5, 5.41) is 3.32. The van der Waals surface area contributed by atoms with Crippen molar-refractivity contribution < 1.29 is 4.74 Å². The maximum absolute atomic E-state index is 5.37. The zero-order valence-corrected chi connectivity index (χ0v) is 12.4. The van der Waals surface area contributed by atoms with Gasteiger partial charge in [-0.2, -0.15) is 0 Å². The zero-order valence-electron chi connectivity index (χ0n) is 12.4. The van der Waals surface area contributed by atoms with Gasteiger partial charge in [-0.1, -0.05) is 0 Å². The molecule has 0 aliphatic heterocycles. The van der Waals surface area contributed by atoms with Gasteiger partial charge in [0.1, 0.15) is 0 Å². The maximum atomic E-state index is 5.37. The summed E-state index contributed by atoms with van der Waals surface area (Å²) in [4.78, 5) is 8.70. The molecule has 108 valence electrons. The molecule has 0 saturated carbocycles. The fourth-order valence-corrected chi connectivity index (χ4v) is 2.05. The Balaban J connectivity index is 2.03. The number of rotatable bonds is 7. The quantitative estimate of drug-likeness (QED) is 0.788. The van der Waals surface area contributed by atoms with E-state index < -0.39 is 0 Å². The van der Waals surface area contributed by atoms with Gasteiger partial charge in [-0.3, -0.25) is 4.98 Å². The van der Waals surface area contributed by atoms with Crippen molar-refractivity contribution in [2.24, 2.45) is 0 Å². The first-order chi connectivity index (χ1) is 9.69. The lowest BCUT2D eigenvalue weighted by Crippen LogP contribution is -2.06. The molecule has 0 spiro atoms.